The molecule has 0 aliphatic heterocycles. The number of aryl methyl sites for hydroxylation is 1. The van der Waals surface area contributed by atoms with Crippen LogP contribution in [0.25, 0.3) is 0 Å². The first-order valence-electron chi connectivity index (χ1n) is 7.13. The molecule has 0 radical (unpaired) electrons. The van der Waals surface area contributed by atoms with E-state index in [4.69, 9.17) is 0 Å². The van der Waals surface area contributed by atoms with E-state index >= 15 is 0 Å². The second-order valence-corrected chi connectivity index (χ2v) is 5.63. The van der Waals surface area contributed by atoms with Crippen molar-refractivity contribution in [1.82, 2.24) is 9.88 Å². The van der Waals surface area contributed by atoms with E-state index < -0.39 is 4.92 Å². The Morgan fingerprint density at radius 3 is 2.65 bits per heavy atom. The molecular weight excluding hydrogens is 299 g/mol. The zero-order chi connectivity index (χ0) is 17.0. The summed E-state index contributed by atoms with van der Waals surface area (Å²) >= 11 is 0. The summed E-state index contributed by atoms with van der Waals surface area (Å²) < 4.78 is 14.0. The van der Waals surface area contributed by atoms with Crippen molar-refractivity contribution in [1.29, 1.82) is 0 Å². The number of halogens is 1. The lowest BCUT2D eigenvalue weighted by atomic mass is 10.1. The predicted octanol–water partition coefficient (Wildman–Crippen LogP) is 3.11. The summed E-state index contributed by atoms with van der Waals surface area (Å²) in [5.74, 6) is 0.275. The first-order chi connectivity index (χ1) is 10.9. The van der Waals surface area contributed by atoms with Crippen LogP contribution in [0.3, 0.4) is 0 Å². The number of hydrogen-bond acceptors (Lipinski definition) is 5. The molecule has 0 aliphatic rings. The Kier molecular flexibility index (Phi) is 5.23. The molecule has 1 N–H and O–H groups in total. The van der Waals surface area contributed by atoms with Gasteiger partial charge >= 0.3 is 0 Å². The van der Waals surface area contributed by atoms with E-state index in [1.54, 1.807) is 19.1 Å². The van der Waals surface area contributed by atoms with Crippen LogP contribution in [-0.2, 0) is 13.1 Å². The number of rotatable bonds is 6. The lowest BCUT2D eigenvalue weighted by Crippen LogP contribution is -2.12. The number of nitro groups is 1. The van der Waals surface area contributed by atoms with Crippen molar-refractivity contribution in [3.63, 3.8) is 0 Å². The van der Waals surface area contributed by atoms with Crippen molar-refractivity contribution in [3.05, 3.63) is 63.1 Å². The molecule has 1 aromatic heterocycles. The molecule has 6 nitrogen and oxygen atoms in total. The minimum Gasteiger partial charge on any atom is -0.366 e. The summed E-state index contributed by atoms with van der Waals surface area (Å²) in [6.45, 7) is 2.59. The molecule has 0 bridgehead atoms. The molecule has 0 unspecified atom stereocenters. The van der Waals surface area contributed by atoms with Crippen molar-refractivity contribution >= 4 is 11.5 Å². The SMILES string of the molecule is Cc1cc(NCc2ccc(CN(C)C)c(F)c2)ncc1[N+](=O)[O-]. The van der Waals surface area contributed by atoms with Crippen LogP contribution in [0, 0.1) is 22.9 Å². The van der Waals surface area contributed by atoms with Crippen molar-refractivity contribution < 1.29 is 9.31 Å². The lowest BCUT2D eigenvalue weighted by Gasteiger charge is -2.12. The first kappa shape index (κ1) is 16.8. The first-order valence-corrected chi connectivity index (χ1v) is 7.13. The molecule has 0 saturated carbocycles. The maximum atomic E-state index is 14.0. The Labute approximate surface area is 134 Å². The number of pyridine rings is 1. The monoisotopic (exact) mass is 318 g/mol. The van der Waals surface area contributed by atoms with Crippen LogP contribution in [0.2, 0.25) is 0 Å². The largest absolute Gasteiger partial charge is 0.366 e. The standard InChI is InChI=1S/C16H19FN4O2/c1-11-6-16(19-9-15(11)21(22)23)18-8-12-4-5-13(10-20(2)3)14(17)7-12/h4-7,9H,8,10H2,1-3H3,(H,18,19). The Morgan fingerprint density at radius 1 is 1.35 bits per heavy atom. The molecule has 23 heavy (non-hydrogen) atoms. The van der Waals surface area contributed by atoms with Crippen molar-refractivity contribution in [2.24, 2.45) is 0 Å². The van der Waals surface area contributed by atoms with Crippen LogP contribution in [-0.4, -0.2) is 28.9 Å². The molecule has 122 valence electrons. The van der Waals surface area contributed by atoms with E-state index in [9.17, 15) is 14.5 Å². The molecule has 2 aromatic rings. The predicted molar refractivity (Wildman–Crippen MR) is 86.7 cm³/mol. The normalized spacial score (nSPS) is 10.8. The third kappa shape index (κ3) is 4.46. The van der Waals surface area contributed by atoms with Crippen molar-refractivity contribution in [3.8, 4) is 0 Å². The highest BCUT2D eigenvalue weighted by Crippen LogP contribution is 2.19. The minimum absolute atomic E-state index is 0.0189. The highest BCUT2D eigenvalue weighted by molar-refractivity contribution is 5.47. The van der Waals surface area contributed by atoms with Crippen LogP contribution in [0.5, 0.6) is 0 Å². The van der Waals surface area contributed by atoms with Gasteiger partial charge in [0.2, 0.25) is 0 Å². The number of aromatic nitrogens is 1. The average Bonchev–Trinajstić information content (AvgIpc) is 2.47. The third-order valence-electron chi connectivity index (χ3n) is 3.36. The molecule has 7 heteroatoms. The molecule has 0 amide bonds. The highest BCUT2D eigenvalue weighted by Gasteiger charge is 2.11. The van der Waals surface area contributed by atoms with Crippen molar-refractivity contribution in [2.75, 3.05) is 19.4 Å². The fraction of sp³-hybridized carbons (Fsp3) is 0.312. The van der Waals surface area contributed by atoms with Crippen LogP contribution in [0.4, 0.5) is 15.9 Å². The number of benzene rings is 1. The second-order valence-electron chi connectivity index (χ2n) is 5.63. The van der Waals surface area contributed by atoms with Crippen LogP contribution in [0.1, 0.15) is 16.7 Å². The van der Waals surface area contributed by atoms with Gasteiger partial charge in [-0.1, -0.05) is 12.1 Å². The van der Waals surface area contributed by atoms with E-state index in [-0.39, 0.29) is 11.5 Å². The molecule has 0 spiro atoms. The summed E-state index contributed by atoms with van der Waals surface area (Å²) in [7, 11) is 3.77. The highest BCUT2D eigenvalue weighted by atomic mass is 19.1. The van der Waals surface area contributed by atoms with Crippen LogP contribution in [0.15, 0.2) is 30.5 Å². The van der Waals surface area contributed by atoms with Gasteiger partial charge in [0.1, 0.15) is 17.8 Å². The molecule has 2 rings (SSSR count). The summed E-state index contributed by atoms with van der Waals surface area (Å²) in [5, 5.41) is 13.8. The molecule has 1 heterocycles. The van der Waals surface area contributed by atoms with Gasteiger partial charge in [0, 0.05) is 24.2 Å². The summed E-state index contributed by atoms with van der Waals surface area (Å²) in [6, 6.07) is 6.72. The van der Waals surface area contributed by atoms with Gasteiger partial charge in [-0.15, -0.1) is 0 Å². The van der Waals surface area contributed by atoms with Gasteiger partial charge in [-0.2, -0.15) is 0 Å². The van der Waals surface area contributed by atoms with Crippen molar-refractivity contribution in [2.45, 2.75) is 20.0 Å². The Balaban J connectivity index is 2.05. The number of anilines is 1. The molecule has 0 aliphatic carbocycles. The smallest absolute Gasteiger partial charge is 0.290 e. The summed E-state index contributed by atoms with van der Waals surface area (Å²) in [4.78, 5) is 16.2. The van der Waals surface area contributed by atoms with E-state index in [2.05, 4.69) is 10.3 Å². The fourth-order valence-electron chi connectivity index (χ4n) is 2.20. The molecule has 0 saturated heterocycles. The zero-order valence-corrected chi connectivity index (χ0v) is 13.3. The van der Waals surface area contributed by atoms with Gasteiger partial charge in [0.05, 0.1) is 4.92 Å². The van der Waals surface area contributed by atoms with Gasteiger partial charge in [0.25, 0.3) is 5.69 Å². The molecule has 1 aromatic carbocycles. The van der Waals surface area contributed by atoms with Gasteiger partial charge in [0.15, 0.2) is 0 Å². The minimum atomic E-state index is -0.467. The average molecular weight is 318 g/mol. The fourth-order valence-corrected chi connectivity index (χ4v) is 2.20. The zero-order valence-electron chi connectivity index (χ0n) is 13.3. The Bertz CT molecular complexity index is 719. The van der Waals surface area contributed by atoms with Gasteiger partial charge in [-0.3, -0.25) is 10.1 Å². The summed E-state index contributed by atoms with van der Waals surface area (Å²) in [5.41, 5.74) is 1.93. The summed E-state index contributed by atoms with van der Waals surface area (Å²) in [6.07, 6.45) is 1.22. The third-order valence-corrected chi connectivity index (χ3v) is 3.36. The maximum absolute atomic E-state index is 14.0. The van der Waals surface area contributed by atoms with E-state index in [0.717, 1.165) is 5.56 Å². The van der Waals surface area contributed by atoms with Gasteiger partial charge < -0.3 is 10.2 Å². The topological polar surface area (TPSA) is 71.3 Å². The Hall–Kier alpha value is -2.54. The molecule has 0 fully saturated rings. The molecule has 0 atom stereocenters. The number of nitrogens with one attached hydrogen (secondary N) is 1. The Morgan fingerprint density at radius 2 is 2.09 bits per heavy atom. The van der Waals surface area contributed by atoms with Crippen LogP contribution >= 0.6 is 0 Å². The van der Waals surface area contributed by atoms with Gasteiger partial charge in [-0.05, 0) is 38.7 Å². The lowest BCUT2D eigenvalue weighted by molar-refractivity contribution is -0.385. The number of hydrogen-bond donors (Lipinski definition) is 1. The maximum Gasteiger partial charge on any atom is 0.290 e. The van der Waals surface area contributed by atoms with E-state index in [1.807, 2.05) is 25.1 Å². The van der Waals surface area contributed by atoms with Crippen LogP contribution < -0.4 is 5.32 Å². The van der Waals surface area contributed by atoms with E-state index in [1.165, 1.54) is 12.3 Å². The van der Waals surface area contributed by atoms with E-state index in [0.29, 0.717) is 30.0 Å². The van der Waals surface area contributed by atoms with Gasteiger partial charge in [-0.25, -0.2) is 9.37 Å². The second kappa shape index (κ2) is 7.15. The quantitative estimate of drug-likeness (QED) is 0.654. The molecular formula is C16H19FN4O2. The number of nitrogens with zero attached hydrogens (tertiary/aromatic N) is 3.